The van der Waals surface area contributed by atoms with E-state index in [0.717, 1.165) is 33.9 Å². The second-order valence-corrected chi connectivity index (χ2v) is 7.64. The Morgan fingerprint density at radius 2 is 1.70 bits per heavy atom. The van der Waals surface area contributed by atoms with Crippen LogP contribution >= 0.6 is 11.3 Å². The van der Waals surface area contributed by atoms with Crippen LogP contribution in [0.5, 0.6) is 0 Å². The average molecular weight is 380 g/mol. The average Bonchev–Trinajstić information content (AvgIpc) is 3.13. The van der Waals surface area contributed by atoms with Gasteiger partial charge in [-0.2, -0.15) is 0 Å². The molecule has 1 aliphatic rings. The van der Waals surface area contributed by atoms with Crippen molar-refractivity contribution in [3.8, 4) is 10.6 Å². The van der Waals surface area contributed by atoms with Crippen molar-refractivity contribution < 1.29 is 9.59 Å². The molecule has 0 unspecified atom stereocenters. The molecule has 1 aliphatic heterocycles. The van der Waals surface area contributed by atoms with Crippen LogP contribution in [0.3, 0.4) is 0 Å². The van der Waals surface area contributed by atoms with Crippen molar-refractivity contribution in [1.29, 1.82) is 0 Å². The highest BCUT2D eigenvalue weighted by molar-refractivity contribution is 7.21. The number of amides is 2. The van der Waals surface area contributed by atoms with E-state index < -0.39 is 11.8 Å². The predicted molar refractivity (Wildman–Crippen MR) is 108 cm³/mol. The second kappa shape index (κ2) is 7.46. The fraction of sp³-hybridized carbons (Fsp3) is 0.250. The zero-order chi connectivity index (χ0) is 18.8. The van der Waals surface area contributed by atoms with Gasteiger partial charge >= 0.3 is 11.8 Å². The molecule has 0 aliphatic carbocycles. The van der Waals surface area contributed by atoms with E-state index in [1.807, 2.05) is 37.4 Å². The summed E-state index contributed by atoms with van der Waals surface area (Å²) < 4.78 is 1.14. The van der Waals surface area contributed by atoms with E-state index >= 15 is 0 Å². The summed E-state index contributed by atoms with van der Waals surface area (Å²) in [6.45, 7) is 2.74. The third-order valence-electron chi connectivity index (χ3n) is 4.67. The van der Waals surface area contributed by atoms with Gasteiger partial charge in [0.25, 0.3) is 0 Å². The first kappa shape index (κ1) is 17.6. The number of hydrogen-bond acceptors (Lipinski definition) is 5. The Hall–Kier alpha value is -2.77. The van der Waals surface area contributed by atoms with Gasteiger partial charge in [-0.05, 0) is 43.4 Å². The maximum atomic E-state index is 12.3. The third-order valence-corrected chi connectivity index (χ3v) is 5.75. The lowest BCUT2D eigenvalue weighted by molar-refractivity contribution is -0.144. The molecule has 0 radical (unpaired) electrons. The Balaban J connectivity index is 1.43. The number of rotatable bonds is 2. The number of nitrogens with one attached hydrogen (secondary N) is 1. The molecule has 0 spiro atoms. The first-order valence-electron chi connectivity index (χ1n) is 8.85. The highest BCUT2D eigenvalue weighted by Gasteiger charge is 2.24. The zero-order valence-corrected chi connectivity index (χ0v) is 15.8. The van der Waals surface area contributed by atoms with Crippen LogP contribution in [-0.4, -0.2) is 59.8 Å². The molecule has 138 valence electrons. The highest BCUT2D eigenvalue weighted by Crippen LogP contribution is 2.30. The topological polar surface area (TPSA) is 65.5 Å². The van der Waals surface area contributed by atoms with E-state index in [1.54, 1.807) is 28.4 Å². The van der Waals surface area contributed by atoms with E-state index in [-0.39, 0.29) is 0 Å². The molecule has 1 aromatic heterocycles. The van der Waals surface area contributed by atoms with Gasteiger partial charge in [-0.1, -0.05) is 12.1 Å². The summed E-state index contributed by atoms with van der Waals surface area (Å²) in [5.41, 5.74) is 2.57. The van der Waals surface area contributed by atoms with E-state index in [4.69, 9.17) is 0 Å². The lowest BCUT2D eigenvalue weighted by Gasteiger charge is -2.31. The number of fused-ring (bicyclic) bond motifs is 1. The summed E-state index contributed by atoms with van der Waals surface area (Å²) in [4.78, 5) is 32.9. The highest BCUT2D eigenvalue weighted by atomic mass is 32.1. The van der Waals surface area contributed by atoms with Crippen molar-refractivity contribution in [3.63, 3.8) is 0 Å². The van der Waals surface area contributed by atoms with Gasteiger partial charge in [-0.25, -0.2) is 4.98 Å². The molecule has 1 N–H and O–H groups in total. The zero-order valence-electron chi connectivity index (χ0n) is 15.0. The molecule has 1 fully saturated rings. The minimum Gasteiger partial charge on any atom is -0.332 e. The van der Waals surface area contributed by atoms with Crippen LogP contribution in [-0.2, 0) is 9.59 Å². The molecule has 27 heavy (non-hydrogen) atoms. The second-order valence-electron chi connectivity index (χ2n) is 6.61. The maximum absolute atomic E-state index is 12.3. The van der Waals surface area contributed by atoms with Crippen molar-refractivity contribution >= 4 is 39.1 Å². The smallest absolute Gasteiger partial charge is 0.313 e. The summed E-state index contributed by atoms with van der Waals surface area (Å²) in [6.07, 6.45) is 0. The first-order valence-corrected chi connectivity index (χ1v) is 9.66. The summed E-state index contributed by atoms with van der Waals surface area (Å²) in [7, 11) is 2.01. The number of piperazine rings is 1. The number of para-hydroxylation sites is 1. The van der Waals surface area contributed by atoms with Crippen LogP contribution in [0.15, 0.2) is 48.5 Å². The largest absolute Gasteiger partial charge is 0.332 e. The van der Waals surface area contributed by atoms with Crippen molar-refractivity contribution in [1.82, 2.24) is 14.8 Å². The van der Waals surface area contributed by atoms with Gasteiger partial charge in [-0.3, -0.25) is 9.59 Å². The molecule has 0 bridgehead atoms. The fourth-order valence-corrected chi connectivity index (χ4v) is 4.00. The molecule has 4 rings (SSSR count). The number of nitrogens with zero attached hydrogens (tertiary/aromatic N) is 3. The molecule has 2 heterocycles. The van der Waals surface area contributed by atoms with Gasteiger partial charge in [0.1, 0.15) is 5.01 Å². The SMILES string of the molecule is CN1CCN(C(=O)C(=O)Nc2ccc(-c3nc4ccccc4s3)cc2)CC1. The lowest BCUT2D eigenvalue weighted by atomic mass is 10.2. The maximum Gasteiger partial charge on any atom is 0.313 e. The molecule has 2 amide bonds. The van der Waals surface area contributed by atoms with Gasteiger partial charge in [0.2, 0.25) is 0 Å². The number of thiazole rings is 1. The van der Waals surface area contributed by atoms with E-state index in [9.17, 15) is 9.59 Å². The van der Waals surface area contributed by atoms with Gasteiger partial charge in [-0.15, -0.1) is 11.3 Å². The molecule has 0 saturated carbocycles. The Bertz CT molecular complexity index is 942. The van der Waals surface area contributed by atoms with E-state index in [2.05, 4.69) is 21.3 Å². The van der Waals surface area contributed by atoms with E-state index in [0.29, 0.717) is 18.8 Å². The summed E-state index contributed by atoms with van der Waals surface area (Å²) in [5, 5.41) is 3.63. The predicted octanol–water partition coefficient (Wildman–Crippen LogP) is 2.68. The molecule has 2 aromatic carbocycles. The Morgan fingerprint density at radius 3 is 2.41 bits per heavy atom. The molecule has 3 aromatic rings. The van der Waals surface area contributed by atoms with Crippen LogP contribution in [0.1, 0.15) is 0 Å². The first-order chi connectivity index (χ1) is 13.1. The summed E-state index contributed by atoms with van der Waals surface area (Å²) in [6, 6.07) is 15.4. The molecular formula is C20H20N4O2S. The quantitative estimate of drug-likeness (QED) is 0.694. The van der Waals surface area contributed by atoms with Crippen LogP contribution < -0.4 is 5.32 Å². The van der Waals surface area contributed by atoms with Crippen molar-refractivity contribution in [2.45, 2.75) is 0 Å². The standard InChI is InChI=1S/C20H20N4O2S/c1-23-10-12-24(13-11-23)20(26)18(25)21-15-8-6-14(7-9-15)19-22-16-4-2-3-5-17(16)27-19/h2-9H,10-13H2,1H3,(H,21,25). The number of likely N-dealkylation sites (N-methyl/N-ethyl adjacent to an activating group) is 1. The van der Waals surface area contributed by atoms with Crippen LogP contribution in [0.2, 0.25) is 0 Å². The Morgan fingerprint density at radius 1 is 1.00 bits per heavy atom. The van der Waals surface area contributed by atoms with Gasteiger partial charge in [0, 0.05) is 37.4 Å². The number of hydrogen-bond donors (Lipinski definition) is 1. The van der Waals surface area contributed by atoms with Crippen LogP contribution in [0, 0.1) is 0 Å². The van der Waals surface area contributed by atoms with Gasteiger partial charge in [0.15, 0.2) is 0 Å². The summed E-state index contributed by atoms with van der Waals surface area (Å²) in [5.74, 6) is -1.06. The van der Waals surface area contributed by atoms with Gasteiger partial charge < -0.3 is 15.1 Å². The molecule has 6 nitrogen and oxygen atoms in total. The minimum atomic E-state index is -0.590. The lowest BCUT2D eigenvalue weighted by Crippen LogP contribution is -2.50. The molecular weight excluding hydrogens is 360 g/mol. The van der Waals surface area contributed by atoms with Gasteiger partial charge in [0.05, 0.1) is 10.2 Å². The minimum absolute atomic E-state index is 0.474. The number of carbonyl (C=O) groups excluding carboxylic acids is 2. The van der Waals surface area contributed by atoms with Crippen molar-refractivity contribution in [3.05, 3.63) is 48.5 Å². The Kier molecular flexibility index (Phi) is 4.87. The van der Waals surface area contributed by atoms with Crippen molar-refractivity contribution in [2.24, 2.45) is 0 Å². The Labute approximate surface area is 161 Å². The third kappa shape index (κ3) is 3.84. The number of benzene rings is 2. The number of aromatic nitrogens is 1. The fourth-order valence-electron chi connectivity index (χ4n) is 3.03. The molecule has 7 heteroatoms. The monoisotopic (exact) mass is 380 g/mol. The number of anilines is 1. The summed E-state index contributed by atoms with van der Waals surface area (Å²) >= 11 is 1.63. The van der Waals surface area contributed by atoms with Crippen LogP contribution in [0.25, 0.3) is 20.8 Å². The molecule has 0 atom stereocenters. The van der Waals surface area contributed by atoms with Crippen LogP contribution in [0.4, 0.5) is 5.69 Å². The normalized spacial score (nSPS) is 15.1. The van der Waals surface area contributed by atoms with Crippen molar-refractivity contribution in [2.75, 3.05) is 38.5 Å². The number of carbonyl (C=O) groups is 2. The van der Waals surface area contributed by atoms with E-state index in [1.165, 1.54) is 0 Å². The molecule has 1 saturated heterocycles.